The van der Waals surface area contributed by atoms with E-state index in [1.165, 1.54) is 0 Å². The number of benzene rings is 1. The number of halogens is 1. The standard InChI is InChI=1S/C10H9BrO3/c1-7(11)10(13)14-9-4-2-8(6-12)3-5-9/h2-7H,1H3. The van der Waals surface area contributed by atoms with Gasteiger partial charge in [0.05, 0.1) is 0 Å². The molecule has 1 aromatic rings. The van der Waals surface area contributed by atoms with Gasteiger partial charge < -0.3 is 4.74 Å². The van der Waals surface area contributed by atoms with Crippen molar-refractivity contribution in [1.82, 2.24) is 0 Å². The van der Waals surface area contributed by atoms with Gasteiger partial charge in [-0.1, -0.05) is 15.9 Å². The Kier molecular flexibility index (Phi) is 3.83. The van der Waals surface area contributed by atoms with Crippen LogP contribution in [0.2, 0.25) is 0 Å². The van der Waals surface area contributed by atoms with Crippen LogP contribution in [0, 0.1) is 0 Å². The third kappa shape index (κ3) is 2.96. The molecule has 1 aromatic carbocycles. The van der Waals surface area contributed by atoms with Gasteiger partial charge in [0, 0.05) is 5.56 Å². The molecular weight excluding hydrogens is 248 g/mol. The second kappa shape index (κ2) is 4.91. The summed E-state index contributed by atoms with van der Waals surface area (Å²) < 4.78 is 4.97. The molecule has 74 valence electrons. The van der Waals surface area contributed by atoms with Gasteiger partial charge in [-0.05, 0) is 31.2 Å². The van der Waals surface area contributed by atoms with E-state index in [-0.39, 0.29) is 10.8 Å². The van der Waals surface area contributed by atoms with Gasteiger partial charge >= 0.3 is 5.97 Å². The minimum Gasteiger partial charge on any atom is -0.426 e. The first-order valence-electron chi connectivity index (χ1n) is 4.04. The molecule has 3 nitrogen and oxygen atoms in total. The van der Waals surface area contributed by atoms with Crippen molar-refractivity contribution in [3.8, 4) is 5.75 Å². The van der Waals surface area contributed by atoms with Crippen LogP contribution in [-0.2, 0) is 4.79 Å². The zero-order valence-electron chi connectivity index (χ0n) is 7.57. The second-order valence-electron chi connectivity index (χ2n) is 2.72. The van der Waals surface area contributed by atoms with E-state index in [2.05, 4.69) is 15.9 Å². The predicted molar refractivity (Wildman–Crippen MR) is 55.9 cm³/mol. The fourth-order valence-electron chi connectivity index (χ4n) is 0.812. The second-order valence-corrected chi connectivity index (χ2v) is 4.10. The maximum absolute atomic E-state index is 11.1. The van der Waals surface area contributed by atoms with Crippen LogP contribution in [0.3, 0.4) is 0 Å². The molecule has 0 saturated heterocycles. The van der Waals surface area contributed by atoms with Gasteiger partial charge in [0.25, 0.3) is 0 Å². The van der Waals surface area contributed by atoms with Crippen LogP contribution in [0.25, 0.3) is 0 Å². The summed E-state index contributed by atoms with van der Waals surface area (Å²) in [5.74, 6) is 0.0794. The van der Waals surface area contributed by atoms with Crippen molar-refractivity contribution in [2.24, 2.45) is 0 Å². The lowest BCUT2D eigenvalue weighted by Gasteiger charge is -2.04. The fourth-order valence-corrected chi connectivity index (χ4v) is 0.905. The van der Waals surface area contributed by atoms with Crippen LogP contribution in [0.4, 0.5) is 0 Å². The summed E-state index contributed by atoms with van der Waals surface area (Å²) >= 11 is 3.09. The zero-order chi connectivity index (χ0) is 10.6. The molecule has 0 saturated carbocycles. The first-order chi connectivity index (χ1) is 6.63. The third-order valence-corrected chi connectivity index (χ3v) is 1.93. The topological polar surface area (TPSA) is 43.4 Å². The Morgan fingerprint density at radius 1 is 1.43 bits per heavy atom. The maximum Gasteiger partial charge on any atom is 0.324 e. The number of alkyl halides is 1. The lowest BCUT2D eigenvalue weighted by molar-refractivity contribution is -0.133. The van der Waals surface area contributed by atoms with Crippen LogP contribution in [0.5, 0.6) is 5.75 Å². The number of hydrogen-bond acceptors (Lipinski definition) is 3. The highest BCUT2D eigenvalue weighted by atomic mass is 79.9. The van der Waals surface area contributed by atoms with E-state index in [0.29, 0.717) is 11.3 Å². The van der Waals surface area contributed by atoms with Crippen molar-refractivity contribution >= 4 is 28.2 Å². The molecule has 0 aliphatic heterocycles. The molecule has 1 unspecified atom stereocenters. The van der Waals surface area contributed by atoms with Crippen molar-refractivity contribution in [2.45, 2.75) is 11.8 Å². The largest absolute Gasteiger partial charge is 0.426 e. The summed E-state index contributed by atoms with van der Waals surface area (Å²) in [5, 5.41) is 0. The fraction of sp³-hybridized carbons (Fsp3) is 0.200. The number of hydrogen-bond donors (Lipinski definition) is 0. The summed E-state index contributed by atoms with van der Waals surface area (Å²) in [6, 6.07) is 6.34. The highest BCUT2D eigenvalue weighted by molar-refractivity contribution is 9.10. The van der Waals surface area contributed by atoms with Gasteiger partial charge in [-0.25, -0.2) is 0 Å². The first-order valence-corrected chi connectivity index (χ1v) is 4.96. The third-order valence-electron chi connectivity index (χ3n) is 1.56. The van der Waals surface area contributed by atoms with E-state index in [0.717, 1.165) is 6.29 Å². The molecule has 0 bridgehead atoms. The molecule has 0 fully saturated rings. The molecule has 0 amide bonds. The SMILES string of the molecule is CC(Br)C(=O)Oc1ccc(C=O)cc1. The van der Waals surface area contributed by atoms with Crippen molar-refractivity contribution in [1.29, 1.82) is 0 Å². The number of ether oxygens (including phenoxy) is 1. The predicted octanol–water partition coefficient (Wildman–Crippen LogP) is 2.19. The van der Waals surface area contributed by atoms with E-state index in [1.807, 2.05) is 0 Å². The summed E-state index contributed by atoms with van der Waals surface area (Å²) in [5.41, 5.74) is 0.552. The quantitative estimate of drug-likeness (QED) is 0.361. The van der Waals surface area contributed by atoms with Crippen LogP contribution < -0.4 is 4.74 Å². The highest BCUT2D eigenvalue weighted by Crippen LogP contribution is 2.13. The summed E-state index contributed by atoms with van der Waals surface area (Å²) in [6.07, 6.45) is 0.735. The highest BCUT2D eigenvalue weighted by Gasteiger charge is 2.10. The molecular formula is C10H9BrO3. The number of carbonyl (C=O) groups is 2. The maximum atomic E-state index is 11.1. The first kappa shape index (κ1) is 10.9. The van der Waals surface area contributed by atoms with Crippen LogP contribution in [0.1, 0.15) is 17.3 Å². The molecule has 4 heteroatoms. The Bertz CT molecular complexity index is 330. The number of carbonyl (C=O) groups excluding carboxylic acids is 2. The Morgan fingerprint density at radius 2 is 2.00 bits per heavy atom. The minimum atomic E-state index is -0.358. The Hall–Kier alpha value is -1.16. The monoisotopic (exact) mass is 256 g/mol. The summed E-state index contributed by atoms with van der Waals surface area (Å²) in [7, 11) is 0. The Labute approximate surface area is 90.2 Å². The van der Waals surface area contributed by atoms with Crippen molar-refractivity contribution in [3.05, 3.63) is 29.8 Å². The molecule has 14 heavy (non-hydrogen) atoms. The molecule has 0 spiro atoms. The number of rotatable bonds is 3. The lowest BCUT2D eigenvalue weighted by atomic mass is 10.2. The van der Waals surface area contributed by atoms with E-state index in [9.17, 15) is 9.59 Å². The van der Waals surface area contributed by atoms with Gasteiger partial charge in [-0.2, -0.15) is 0 Å². The number of aldehydes is 1. The molecule has 0 heterocycles. The Morgan fingerprint density at radius 3 is 2.43 bits per heavy atom. The van der Waals surface area contributed by atoms with E-state index in [1.54, 1.807) is 31.2 Å². The van der Waals surface area contributed by atoms with Crippen LogP contribution >= 0.6 is 15.9 Å². The molecule has 0 N–H and O–H groups in total. The zero-order valence-corrected chi connectivity index (χ0v) is 9.15. The summed E-state index contributed by atoms with van der Waals surface area (Å²) in [6.45, 7) is 1.68. The molecule has 1 rings (SSSR count). The van der Waals surface area contributed by atoms with Crippen molar-refractivity contribution < 1.29 is 14.3 Å². The van der Waals surface area contributed by atoms with Gasteiger partial charge in [-0.3, -0.25) is 9.59 Å². The van der Waals surface area contributed by atoms with Crippen LogP contribution in [-0.4, -0.2) is 17.1 Å². The van der Waals surface area contributed by atoms with Crippen molar-refractivity contribution in [3.63, 3.8) is 0 Å². The average molecular weight is 257 g/mol. The summed E-state index contributed by atoms with van der Waals surface area (Å²) in [4.78, 5) is 21.1. The minimum absolute atomic E-state index is 0.340. The molecule has 0 aromatic heterocycles. The van der Waals surface area contributed by atoms with Gasteiger partial charge in [0.15, 0.2) is 0 Å². The lowest BCUT2D eigenvalue weighted by Crippen LogP contribution is -2.16. The van der Waals surface area contributed by atoms with E-state index < -0.39 is 0 Å². The molecule has 0 aliphatic carbocycles. The van der Waals surface area contributed by atoms with Gasteiger partial charge in [-0.15, -0.1) is 0 Å². The molecule has 1 atom stereocenters. The number of esters is 1. The molecule has 0 aliphatic rings. The van der Waals surface area contributed by atoms with Gasteiger partial charge in [0.1, 0.15) is 16.9 Å². The average Bonchev–Trinajstić information content (AvgIpc) is 2.19. The van der Waals surface area contributed by atoms with Crippen LogP contribution in [0.15, 0.2) is 24.3 Å². The van der Waals surface area contributed by atoms with E-state index in [4.69, 9.17) is 4.74 Å². The van der Waals surface area contributed by atoms with Gasteiger partial charge in [0.2, 0.25) is 0 Å². The van der Waals surface area contributed by atoms with E-state index >= 15 is 0 Å². The van der Waals surface area contributed by atoms with Crippen molar-refractivity contribution in [2.75, 3.05) is 0 Å². The smallest absolute Gasteiger partial charge is 0.324 e. The normalized spacial score (nSPS) is 11.9. The molecule has 0 radical (unpaired) electrons. The Balaban J connectivity index is 2.69.